The number of rotatable bonds is 4. The van der Waals surface area contributed by atoms with Crippen LogP contribution >= 0.6 is 11.8 Å². The molecule has 1 saturated heterocycles. The van der Waals surface area contributed by atoms with E-state index in [-0.39, 0.29) is 5.78 Å². The van der Waals surface area contributed by atoms with Crippen molar-refractivity contribution in [1.29, 1.82) is 0 Å². The Labute approximate surface area is 107 Å². The van der Waals surface area contributed by atoms with Crippen molar-refractivity contribution < 1.29 is 4.79 Å². The molecule has 0 saturated carbocycles. The maximum absolute atomic E-state index is 11.5. The third-order valence-corrected chi connectivity index (χ3v) is 4.52. The number of hydrogen-bond acceptors (Lipinski definition) is 3. The molecule has 0 aromatic heterocycles. The lowest BCUT2D eigenvalue weighted by Crippen LogP contribution is -2.31. The maximum Gasteiger partial charge on any atom is 0.162 e. The fourth-order valence-electron chi connectivity index (χ4n) is 2.12. The molecule has 1 fully saturated rings. The molecule has 1 atom stereocenters. The zero-order chi connectivity index (χ0) is 12.3. The molecular weight excluding hydrogens is 230 g/mol. The summed E-state index contributed by atoms with van der Waals surface area (Å²) in [5, 5.41) is 0. The third-order valence-electron chi connectivity index (χ3n) is 3.37. The van der Waals surface area contributed by atoms with Crippen LogP contribution in [0.1, 0.15) is 30.1 Å². The summed E-state index contributed by atoms with van der Waals surface area (Å²) in [6, 6.07) is 8.66. The van der Waals surface area contributed by atoms with Crippen molar-refractivity contribution in [3.8, 4) is 0 Å². The molecule has 92 valence electrons. The normalized spacial score (nSPS) is 19.3. The molecule has 17 heavy (non-hydrogen) atoms. The number of hydrogen-bond donors (Lipinski definition) is 0. The van der Waals surface area contributed by atoms with Crippen LogP contribution in [-0.4, -0.2) is 30.4 Å². The SMILES string of the molecule is CCC(=O)c1ccc(N(C)C2CCSC2)cc1. The van der Waals surface area contributed by atoms with Crippen LogP contribution in [0.15, 0.2) is 24.3 Å². The number of Topliss-reactive ketones (excluding diaryl/α,β-unsaturated/α-hetero) is 1. The monoisotopic (exact) mass is 249 g/mol. The second-order valence-electron chi connectivity index (χ2n) is 4.45. The first-order valence-corrected chi connectivity index (χ1v) is 7.31. The molecule has 1 aliphatic heterocycles. The molecule has 1 aromatic rings. The van der Waals surface area contributed by atoms with Gasteiger partial charge in [-0.1, -0.05) is 6.92 Å². The van der Waals surface area contributed by atoms with Crippen molar-refractivity contribution in [2.75, 3.05) is 23.5 Å². The number of thioether (sulfide) groups is 1. The molecule has 3 heteroatoms. The summed E-state index contributed by atoms with van der Waals surface area (Å²) in [5.41, 5.74) is 2.04. The van der Waals surface area contributed by atoms with Crippen LogP contribution in [0.4, 0.5) is 5.69 Å². The van der Waals surface area contributed by atoms with Crippen LogP contribution in [0.3, 0.4) is 0 Å². The first kappa shape index (κ1) is 12.5. The number of nitrogens with zero attached hydrogens (tertiary/aromatic N) is 1. The van der Waals surface area contributed by atoms with E-state index in [4.69, 9.17) is 0 Å². The number of ketones is 1. The lowest BCUT2D eigenvalue weighted by atomic mass is 10.1. The first-order valence-electron chi connectivity index (χ1n) is 6.16. The second-order valence-corrected chi connectivity index (χ2v) is 5.60. The molecule has 2 nitrogen and oxygen atoms in total. The van der Waals surface area contributed by atoms with Gasteiger partial charge in [-0.25, -0.2) is 0 Å². The van der Waals surface area contributed by atoms with Gasteiger partial charge in [-0.15, -0.1) is 0 Å². The largest absolute Gasteiger partial charge is 0.371 e. The topological polar surface area (TPSA) is 20.3 Å². The molecule has 0 amide bonds. The maximum atomic E-state index is 11.5. The van der Waals surface area contributed by atoms with Gasteiger partial charge in [0.2, 0.25) is 0 Å². The van der Waals surface area contributed by atoms with Crippen LogP contribution in [-0.2, 0) is 0 Å². The predicted octanol–water partition coefficient (Wildman–Crippen LogP) is 3.22. The van der Waals surface area contributed by atoms with E-state index in [0.29, 0.717) is 12.5 Å². The molecular formula is C14H19NOS. The molecule has 0 aliphatic carbocycles. The lowest BCUT2D eigenvalue weighted by Gasteiger charge is -2.26. The van der Waals surface area contributed by atoms with Crippen LogP contribution < -0.4 is 4.90 Å². The zero-order valence-electron chi connectivity index (χ0n) is 10.5. The molecule has 0 bridgehead atoms. The summed E-state index contributed by atoms with van der Waals surface area (Å²) < 4.78 is 0. The Kier molecular flexibility index (Phi) is 4.11. The summed E-state index contributed by atoms with van der Waals surface area (Å²) in [5.74, 6) is 2.70. The van der Waals surface area contributed by atoms with Crippen LogP contribution in [0.25, 0.3) is 0 Å². The van der Waals surface area contributed by atoms with Crippen molar-refractivity contribution in [1.82, 2.24) is 0 Å². The number of anilines is 1. The molecule has 0 N–H and O–H groups in total. The van der Waals surface area contributed by atoms with Gasteiger partial charge in [0.25, 0.3) is 0 Å². The van der Waals surface area contributed by atoms with Gasteiger partial charge in [-0.3, -0.25) is 4.79 Å². The fourth-order valence-corrected chi connectivity index (χ4v) is 3.39. The van der Waals surface area contributed by atoms with E-state index in [2.05, 4.69) is 24.1 Å². The predicted molar refractivity (Wildman–Crippen MR) is 75.2 cm³/mol. The van der Waals surface area contributed by atoms with Crippen molar-refractivity contribution >= 4 is 23.2 Å². The third kappa shape index (κ3) is 2.83. The molecule has 1 unspecified atom stereocenters. The van der Waals surface area contributed by atoms with Crippen molar-refractivity contribution in [3.05, 3.63) is 29.8 Å². The Hall–Kier alpha value is -0.960. The van der Waals surface area contributed by atoms with Gasteiger partial charge in [0, 0.05) is 36.5 Å². The average molecular weight is 249 g/mol. The molecule has 1 aromatic carbocycles. The standard InChI is InChI=1S/C14H19NOS/c1-3-14(16)11-4-6-12(7-5-11)15(2)13-8-9-17-10-13/h4-7,13H,3,8-10H2,1-2H3. The molecule has 2 rings (SSSR count). The fraction of sp³-hybridized carbons (Fsp3) is 0.500. The van der Waals surface area contributed by atoms with Crippen LogP contribution in [0.5, 0.6) is 0 Å². The van der Waals surface area contributed by atoms with E-state index < -0.39 is 0 Å². The van der Waals surface area contributed by atoms with E-state index in [0.717, 1.165) is 5.56 Å². The lowest BCUT2D eigenvalue weighted by molar-refractivity contribution is 0.0988. The van der Waals surface area contributed by atoms with Crippen molar-refractivity contribution in [2.24, 2.45) is 0 Å². The summed E-state index contributed by atoms with van der Waals surface area (Å²) in [6.07, 6.45) is 1.84. The summed E-state index contributed by atoms with van der Waals surface area (Å²) in [4.78, 5) is 13.9. The average Bonchev–Trinajstić information content (AvgIpc) is 2.91. The first-order chi connectivity index (χ1) is 8.22. The number of carbonyl (C=O) groups is 1. The van der Waals surface area contributed by atoms with Gasteiger partial charge in [-0.2, -0.15) is 11.8 Å². The zero-order valence-corrected chi connectivity index (χ0v) is 11.3. The minimum absolute atomic E-state index is 0.218. The smallest absolute Gasteiger partial charge is 0.162 e. The van der Waals surface area contributed by atoms with Gasteiger partial charge < -0.3 is 4.90 Å². The van der Waals surface area contributed by atoms with E-state index in [1.165, 1.54) is 23.6 Å². The number of benzene rings is 1. The van der Waals surface area contributed by atoms with Gasteiger partial charge >= 0.3 is 0 Å². The van der Waals surface area contributed by atoms with Crippen molar-refractivity contribution in [2.45, 2.75) is 25.8 Å². The van der Waals surface area contributed by atoms with Crippen LogP contribution in [0.2, 0.25) is 0 Å². The van der Waals surface area contributed by atoms with Gasteiger partial charge in [0.1, 0.15) is 0 Å². The van der Waals surface area contributed by atoms with Crippen molar-refractivity contribution in [3.63, 3.8) is 0 Å². The second kappa shape index (κ2) is 5.58. The highest BCUT2D eigenvalue weighted by Gasteiger charge is 2.20. The highest BCUT2D eigenvalue weighted by molar-refractivity contribution is 7.99. The minimum atomic E-state index is 0.218. The van der Waals surface area contributed by atoms with E-state index in [1.807, 2.05) is 30.8 Å². The van der Waals surface area contributed by atoms with E-state index >= 15 is 0 Å². The summed E-state index contributed by atoms with van der Waals surface area (Å²) in [7, 11) is 2.15. The minimum Gasteiger partial charge on any atom is -0.371 e. The molecule has 0 spiro atoms. The van der Waals surface area contributed by atoms with Gasteiger partial charge in [-0.05, 0) is 36.4 Å². The van der Waals surface area contributed by atoms with Gasteiger partial charge in [0.15, 0.2) is 5.78 Å². The summed E-state index contributed by atoms with van der Waals surface area (Å²) in [6.45, 7) is 1.90. The number of carbonyl (C=O) groups excluding carboxylic acids is 1. The quantitative estimate of drug-likeness (QED) is 0.764. The van der Waals surface area contributed by atoms with Crippen LogP contribution in [0, 0.1) is 0 Å². The van der Waals surface area contributed by atoms with Gasteiger partial charge in [0.05, 0.1) is 0 Å². The Morgan fingerprint density at radius 1 is 1.41 bits per heavy atom. The Morgan fingerprint density at radius 2 is 2.12 bits per heavy atom. The Balaban J connectivity index is 2.09. The van der Waals surface area contributed by atoms with E-state index in [9.17, 15) is 4.79 Å². The Bertz CT molecular complexity index is 382. The highest BCUT2D eigenvalue weighted by atomic mass is 32.2. The molecule has 1 aliphatic rings. The molecule has 0 radical (unpaired) electrons. The Morgan fingerprint density at radius 3 is 2.65 bits per heavy atom. The van der Waals surface area contributed by atoms with E-state index in [1.54, 1.807) is 0 Å². The molecule has 1 heterocycles. The summed E-state index contributed by atoms with van der Waals surface area (Å²) >= 11 is 2.02. The highest BCUT2D eigenvalue weighted by Crippen LogP contribution is 2.26.